The number of nitrogens with zero attached hydrogens (tertiary/aromatic N) is 2. The van der Waals surface area contributed by atoms with Crippen LogP contribution in [0.25, 0.3) is 0 Å². The molecule has 0 aliphatic heterocycles. The van der Waals surface area contributed by atoms with Crippen molar-refractivity contribution in [3.8, 4) is 0 Å². The Bertz CT molecular complexity index is 1080. The summed E-state index contributed by atoms with van der Waals surface area (Å²) in [4.78, 5) is 34.6. The van der Waals surface area contributed by atoms with Gasteiger partial charge >= 0.3 is 0 Å². The smallest absolute Gasteiger partial charge is 0.272 e. The fourth-order valence-electron chi connectivity index (χ4n) is 3.08. The summed E-state index contributed by atoms with van der Waals surface area (Å²) in [7, 11) is 0. The van der Waals surface area contributed by atoms with E-state index in [0.717, 1.165) is 28.9 Å². The van der Waals surface area contributed by atoms with E-state index in [0.29, 0.717) is 18.1 Å². The van der Waals surface area contributed by atoms with E-state index in [1.54, 1.807) is 0 Å². The zero-order valence-corrected chi connectivity index (χ0v) is 20.2. The molecular formula is C25H27ClN4O2S. The zero-order chi connectivity index (χ0) is 23.6. The number of thioether (sulfide) groups is 1. The van der Waals surface area contributed by atoms with Gasteiger partial charge in [0.25, 0.3) is 5.91 Å². The molecule has 0 bridgehead atoms. The fourth-order valence-corrected chi connectivity index (χ4v) is 3.92. The summed E-state index contributed by atoms with van der Waals surface area (Å²) in [6.07, 6.45) is 2.72. The number of halogens is 1. The molecule has 0 spiro atoms. The van der Waals surface area contributed by atoms with Crippen LogP contribution in [0.1, 0.15) is 40.5 Å². The fraction of sp³-hybridized carbons (Fsp3) is 0.280. The topological polar surface area (TPSA) is 84.0 Å². The number of amides is 2. The lowest BCUT2D eigenvalue weighted by Gasteiger charge is -2.19. The minimum atomic E-state index is -0.789. The second kappa shape index (κ2) is 12.4. The maximum Gasteiger partial charge on any atom is 0.272 e. The molecule has 8 heteroatoms. The summed E-state index contributed by atoms with van der Waals surface area (Å²) in [6.45, 7) is 4.44. The van der Waals surface area contributed by atoms with Crippen molar-refractivity contribution in [1.82, 2.24) is 20.6 Å². The average Bonchev–Trinajstić information content (AvgIpc) is 2.83. The summed E-state index contributed by atoms with van der Waals surface area (Å²) in [5.74, 6) is 0.0477. The first kappa shape index (κ1) is 24.7. The van der Waals surface area contributed by atoms with Crippen molar-refractivity contribution >= 4 is 35.2 Å². The maximum atomic E-state index is 13.1. The molecule has 6 nitrogen and oxygen atoms in total. The monoisotopic (exact) mass is 482 g/mol. The number of carbonyl (C=O) groups excluding carboxylic acids is 2. The first-order valence-electron chi connectivity index (χ1n) is 10.8. The van der Waals surface area contributed by atoms with Crippen LogP contribution in [-0.4, -0.2) is 33.6 Å². The van der Waals surface area contributed by atoms with E-state index in [1.165, 1.54) is 18.0 Å². The lowest BCUT2D eigenvalue weighted by atomic mass is 10.0. The molecule has 2 N–H and O–H groups in total. The molecule has 0 saturated carbocycles. The van der Waals surface area contributed by atoms with Gasteiger partial charge in [0, 0.05) is 18.7 Å². The van der Waals surface area contributed by atoms with Crippen molar-refractivity contribution in [2.24, 2.45) is 0 Å². The molecule has 2 aromatic carbocycles. The highest BCUT2D eigenvalue weighted by Gasteiger charge is 2.24. The van der Waals surface area contributed by atoms with Crippen molar-refractivity contribution in [3.05, 3.63) is 88.2 Å². The van der Waals surface area contributed by atoms with Gasteiger partial charge in [-0.25, -0.2) is 9.97 Å². The molecule has 0 radical (unpaired) electrons. The van der Waals surface area contributed by atoms with Gasteiger partial charge in [0.2, 0.25) is 5.91 Å². The number of nitrogens with one attached hydrogen (secondary N) is 2. The molecule has 3 aromatic rings. The quantitative estimate of drug-likeness (QED) is 0.326. The Balaban J connectivity index is 1.75. The van der Waals surface area contributed by atoms with E-state index in [4.69, 9.17) is 11.6 Å². The molecule has 1 heterocycles. The van der Waals surface area contributed by atoms with E-state index in [2.05, 4.69) is 27.5 Å². The number of hydrogen-bond acceptors (Lipinski definition) is 5. The molecule has 172 valence electrons. The van der Waals surface area contributed by atoms with Crippen LogP contribution in [0, 0.1) is 6.92 Å². The Morgan fingerprint density at radius 3 is 2.48 bits per heavy atom. The third-order valence-corrected chi connectivity index (χ3v) is 6.21. The van der Waals surface area contributed by atoms with Gasteiger partial charge in [0.1, 0.15) is 6.04 Å². The number of hydrogen-bond donors (Lipinski definition) is 2. The normalized spacial score (nSPS) is 11.6. The predicted octanol–water partition coefficient (Wildman–Crippen LogP) is 4.60. The SMILES string of the molecule is CCCSc1ncc(Cl)c(C(=O)NC(Cc2ccccc2)C(=O)NCc2ccc(C)cc2)n1. The van der Waals surface area contributed by atoms with Crippen LogP contribution in [0.15, 0.2) is 66.0 Å². The van der Waals surface area contributed by atoms with Crippen LogP contribution < -0.4 is 10.6 Å². The Morgan fingerprint density at radius 1 is 1.06 bits per heavy atom. The summed E-state index contributed by atoms with van der Waals surface area (Å²) in [5, 5.41) is 6.37. The largest absolute Gasteiger partial charge is 0.350 e. The standard InChI is InChI=1S/C25H27ClN4O2S/c1-3-13-33-25-28-16-20(26)22(30-25)24(32)29-21(14-18-7-5-4-6-8-18)23(31)27-15-19-11-9-17(2)10-12-19/h4-12,16,21H,3,13-15H2,1-2H3,(H,27,31)(H,29,32). The molecule has 2 amide bonds. The zero-order valence-electron chi connectivity index (χ0n) is 18.7. The van der Waals surface area contributed by atoms with Crippen LogP contribution in [0.3, 0.4) is 0 Å². The van der Waals surface area contributed by atoms with Gasteiger partial charge in [-0.2, -0.15) is 0 Å². The van der Waals surface area contributed by atoms with Crippen LogP contribution in [0.5, 0.6) is 0 Å². The molecule has 3 rings (SSSR count). The summed E-state index contributed by atoms with van der Waals surface area (Å²) < 4.78 is 0. The lowest BCUT2D eigenvalue weighted by Crippen LogP contribution is -2.48. The number of rotatable bonds is 10. The second-order valence-corrected chi connectivity index (χ2v) is 9.09. The Morgan fingerprint density at radius 2 is 1.79 bits per heavy atom. The van der Waals surface area contributed by atoms with Crippen LogP contribution in [0.4, 0.5) is 0 Å². The van der Waals surface area contributed by atoms with Crippen LogP contribution in [0.2, 0.25) is 5.02 Å². The van der Waals surface area contributed by atoms with Gasteiger partial charge in [-0.1, -0.05) is 90.4 Å². The van der Waals surface area contributed by atoms with Crippen LogP contribution >= 0.6 is 23.4 Å². The maximum absolute atomic E-state index is 13.1. The first-order chi connectivity index (χ1) is 16.0. The van der Waals surface area contributed by atoms with Gasteiger partial charge in [0.15, 0.2) is 10.9 Å². The molecule has 1 atom stereocenters. The van der Waals surface area contributed by atoms with E-state index < -0.39 is 11.9 Å². The highest BCUT2D eigenvalue weighted by molar-refractivity contribution is 7.99. The molecular weight excluding hydrogens is 456 g/mol. The van der Waals surface area contributed by atoms with Crippen molar-refractivity contribution in [3.63, 3.8) is 0 Å². The van der Waals surface area contributed by atoms with Crippen molar-refractivity contribution in [2.45, 2.75) is 44.4 Å². The highest BCUT2D eigenvalue weighted by atomic mass is 35.5. The van der Waals surface area contributed by atoms with Gasteiger partial charge in [-0.05, 0) is 24.5 Å². The third-order valence-electron chi connectivity index (χ3n) is 4.86. The van der Waals surface area contributed by atoms with E-state index in [1.807, 2.05) is 61.5 Å². The average molecular weight is 483 g/mol. The van der Waals surface area contributed by atoms with Crippen molar-refractivity contribution < 1.29 is 9.59 Å². The van der Waals surface area contributed by atoms with Crippen molar-refractivity contribution in [1.29, 1.82) is 0 Å². The first-order valence-corrected chi connectivity index (χ1v) is 12.2. The molecule has 0 fully saturated rings. The Labute approximate surface area is 203 Å². The number of aryl methyl sites for hydroxylation is 1. The molecule has 1 unspecified atom stereocenters. The second-order valence-electron chi connectivity index (χ2n) is 7.62. The molecule has 0 aliphatic rings. The molecule has 33 heavy (non-hydrogen) atoms. The summed E-state index contributed by atoms with van der Waals surface area (Å²) in [6, 6.07) is 16.7. The van der Waals surface area contributed by atoms with E-state index >= 15 is 0 Å². The van der Waals surface area contributed by atoms with Gasteiger partial charge in [-0.3, -0.25) is 9.59 Å². The minimum absolute atomic E-state index is 0.0645. The van der Waals surface area contributed by atoms with E-state index in [9.17, 15) is 9.59 Å². The number of benzene rings is 2. The summed E-state index contributed by atoms with van der Waals surface area (Å²) >= 11 is 7.66. The predicted molar refractivity (Wildman–Crippen MR) is 132 cm³/mol. The number of carbonyl (C=O) groups is 2. The molecule has 0 aliphatic carbocycles. The van der Waals surface area contributed by atoms with Crippen LogP contribution in [-0.2, 0) is 17.8 Å². The van der Waals surface area contributed by atoms with Gasteiger partial charge in [0.05, 0.1) is 11.2 Å². The molecule has 0 saturated heterocycles. The lowest BCUT2D eigenvalue weighted by molar-refractivity contribution is -0.123. The Kier molecular flexibility index (Phi) is 9.27. The number of aromatic nitrogens is 2. The summed E-state index contributed by atoms with van der Waals surface area (Å²) in [5.41, 5.74) is 3.13. The van der Waals surface area contributed by atoms with Gasteiger partial charge < -0.3 is 10.6 Å². The van der Waals surface area contributed by atoms with Crippen molar-refractivity contribution in [2.75, 3.05) is 5.75 Å². The third kappa shape index (κ3) is 7.58. The minimum Gasteiger partial charge on any atom is -0.350 e. The highest BCUT2D eigenvalue weighted by Crippen LogP contribution is 2.19. The van der Waals surface area contributed by atoms with Gasteiger partial charge in [-0.15, -0.1) is 0 Å². The molecule has 1 aromatic heterocycles. The Hall–Kier alpha value is -2.90. The van der Waals surface area contributed by atoms with E-state index in [-0.39, 0.29) is 16.6 Å².